The zero-order valence-electron chi connectivity index (χ0n) is 21.7. The van der Waals surface area contributed by atoms with E-state index in [9.17, 15) is 13.2 Å². The van der Waals surface area contributed by atoms with Gasteiger partial charge in [0, 0.05) is 17.0 Å². The van der Waals surface area contributed by atoms with Crippen LogP contribution in [0.3, 0.4) is 0 Å². The average molecular weight is 558 g/mol. The van der Waals surface area contributed by atoms with Gasteiger partial charge in [0.2, 0.25) is 5.71 Å². The molecule has 0 atom stereocenters. The Morgan fingerprint density at radius 1 is 0.488 bits per heavy atom. The van der Waals surface area contributed by atoms with Crippen molar-refractivity contribution in [2.24, 2.45) is 0 Å². The lowest BCUT2D eigenvalue weighted by molar-refractivity contribution is 0.629. The second kappa shape index (κ2) is 9.91. The van der Waals surface area contributed by atoms with Gasteiger partial charge in [-0.15, -0.1) is 0 Å². The van der Waals surface area contributed by atoms with Gasteiger partial charge in [-0.3, -0.25) is 0 Å². The third kappa shape index (κ3) is 4.24. The molecule has 0 amide bonds. The van der Waals surface area contributed by atoms with Gasteiger partial charge in [0.25, 0.3) is 0 Å². The van der Waals surface area contributed by atoms with Crippen molar-refractivity contribution in [3.05, 3.63) is 151 Å². The van der Waals surface area contributed by atoms with Crippen LogP contribution in [0.2, 0.25) is 0 Å². The predicted molar refractivity (Wildman–Crippen MR) is 160 cm³/mol. The fourth-order valence-electron chi connectivity index (χ4n) is 5.87. The number of pyridine rings is 1. The summed E-state index contributed by atoms with van der Waals surface area (Å²) in [6.07, 6.45) is 1.70. The summed E-state index contributed by atoms with van der Waals surface area (Å²) in [5, 5.41) is 4.90. The molecule has 41 heavy (non-hydrogen) atoms. The molecule has 0 saturated heterocycles. The highest BCUT2D eigenvalue weighted by molar-refractivity contribution is 7.19. The molecule has 0 unspecified atom stereocenters. The first-order valence-electron chi connectivity index (χ1n) is 13.2. The van der Waals surface area contributed by atoms with Gasteiger partial charge in [-0.25, -0.2) is 18.2 Å². The highest BCUT2D eigenvalue weighted by Crippen LogP contribution is 2.31. The zero-order valence-corrected chi connectivity index (χ0v) is 22.7. The third-order valence-electron chi connectivity index (χ3n) is 7.67. The normalized spacial score (nSPS) is 11.8. The van der Waals surface area contributed by atoms with Gasteiger partial charge in [0.05, 0.1) is 0 Å². The molecule has 198 valence electrons. The maximum absolute atomic E-state index is 14.8. The molecule has 5 aromatic carbocycles. The minimum absolute atomic E-state index is 0.405. The predicted octanol–water partition coefficient (Wildman–Crippen LogP) is 6.44. The molecule has 0 spiro atoms. The summed E-state index contributed by atoms with van der Waals surface area (Å²) in [5.41, 5.74) is 3.23. The molecule has 2 aromatic heterocycles. The van der Waals surface area contributed by atoms with Gasteiger partial charge in [0.1, 0.15) is 23.0 Å². The molecule has 0 aliphatic rings. The van der Waals surface area contributed by atoms with Gasteiger partial charge in [-0.2, -0.15) is 0 Å². The van der Waals surface area contributed by atoms with E-state index in [1.165, 1.54) is 36.4 Å². The van der Waals surface area contributed by atoms with Crippen LogP contribution in [-0.2, 0) is 0 Å². The number of rotatable bonds is 5. The number of hydrogen-bond donors (Lipinski definition) is 0. The number of benzene rings is 5. The van der Waals surface area contributed by atoms with E-state index >= 15 is 0 Å². The van der Waals surface area contributed by atoms with E-state index in [1.54, 1.807) is 24.4 Å². The Bertz CT molecular complexity index is 1940. The van der Waals surface area contributed by atoms with Crippen molar-refractivity contribution in [2.75, 3.05) is 0 Å². The Labute approximate surface area is 235 Å². The summed E-state index contributed by atoms with van der Waals surface area (Å²) in [7, 11) is -3.33. The molecule has 0 N–H and O–H groups in total. The first kappa shape index (κ1) is 25.1. The van der Waals surface area contributed by atoms with Gasteiger partial charge >= 0.3 is 0 Å². The first-order valence-corrected chi connectivity index (χ1v) is 15.2. The van der Waals surface area contributed by atoms with Crippen LogP contribution in [0.5, 0.6) is 0 Å². The van der Waals surface area contributed by atoms with Crippen LogP contribution in [-0.4, -0.2) is 13.1 Å². The van der Waals surface area contributed by atoms with Crippen LogP contribution < -0.4 is 20.7 Å². The number of nitrogens with zero attached hydrogens (tertiary/aromatic N) is 1. The van der Waals surface area contributed by atoms with E-state index in [2.05, 4.69) is 4.98 Å². The minimum atomic E-state index is -3.33. The quantitative estimate of drug-likeness (QED) is 0.180. The zero-order chi connectivity index (χ0) is 28.0. The van der Waals surface area contributed by atoms with Crippen LogP contribution in [0.4, 0.5) is 13.2 Å². The largest absolute Gasteiger partial charge is 0.438 e. The molecule has 2 nitrogen and oxygen atoms in total. The monoisotopic (exact) mass is 557 g/mol. The maximum atomic E-state index is 14.8. The first-order chi connectivity index (χ1) is 20.0. The number of fused-ring (bicyclic) bond motifs is 3. The highest BCUT2D eigenvalue weighted by atomic mass is 28.3. The second-order valence-electron chi connectivity index (χ2n) is 10.0. The van der Waals surface area contributed by atoms with Crippen LogP contribution in [0.15, 0.2) is 138 Å². The fourth-order valence-corrected chi connectivity index (χ4v) is 10.6. The van der Waals surface area contributed by atoms with Crippen molar-refractivity contribution < 1.29 is 17.6 Å². The Kier molecular flexibility index (Phi) is 6.06. The SMILES string of the molecule is Fc1cccc([Si](c2ccc(-c3ccc4c(c3)oc3ncccc34)cc2)(c2cccc(F)c2)c2cccc(F)c2)c1. The molecule has 6 heteroatoms. The maximum Gasteiger partial charge on any atom is 0.227 e. The summed E-state index contributed by atoms with van der Waals surface area (Å²) in [6.45, 7) is 0. The molecule has 7 aromatic rings. The molecular weight excluding hydrogens is 535 g/mol. The van der Waals surface area contributed by atoms with Gasteiger partial charge < -0.3 is 4.42 Å². The van der Waals surface area contributed by atoms with E-state index in [0.29, 0.717) is 21.3 Å². The summed E-state index contributed by atoms with van der Waals surface area (Å²) in [5.74, 6) is -1.22. The molecule has 0 bridgehead atoms. The van der Waals surface area contributed by atoms with Crippen molar-refractivity contribution in [1.82, 2.24) is 4.98 Å². The Morgan fingerprint density at radius 2 is 1.05 bits per heavy atom. The lowest BCUT2D eigenvalue weighted by Crippen LogP contribution is -2.75. The van der Waals surface area contributed by atoms with Crippen molar-refractivity contribution in [3.8, 4) is 11.1 Å². The van der Waals surface area contributed by atoms with Gasteiger partial charge in [0.15, 0.2) is 8.07 Å². The summed E-state index contributed by atoms with van der Waals surface area (Å²) < 4.78 is 50.3. The lowest BCUT2D eigenvalue weighted by atomic mass is 10.0. The van der Waals surface area contributed by atoms with Crippen molar-refractivity contribution in [3.63, 3.8) is 0 Å². The molecule has 0 saturated carbocycles. The van der Waals surface area contributed by atoms with Crippen LogP contribution in [0.1, 0.15) is 0 Å². The van der Waals surface area contributed by atoms with E-state index in [0.717, 1.165) is 32.7 Å². The highest BCUT2D eigenvalue weighted by Gasteiger charge is 2.42. The van der Waals surface area contributed by atoms with Crippen molar-refractivity contribution >= 4 is 50.9 Å². The molecule has 0 aliphatic carbocycles. The number of aromatic nitrogens is 1. The summed E-state index contributed by atoms with van der Waals surface area (Å²) in [4.78, 5) is 4.32. The van der Waals surface area contributed by atoms with Crippen LogP contribution >= 0.6 is 0 Å². The number of furan rings is 1. The number of hydrogen-bond acceptors (Lipinski definition) is 2. The lowest BCUT2D eigenvalue weighted by Gasteiger charge is -2.34. The third-order valence-corrected chi connectivity index (χ3v) is 12.4. The molecule has 0 aliphatic heterocycles. The van der Waals surface area contributed by atoms with Crippen LogP contribution in [0, 0.1) is 17.5 Å². The van der Waals surface area contributed by atoms with Crippen LogP contribution in [0.25, 0.3) is 33.2 Å². The fraction of sp³-hybridized carbons (Fsp3) is 0. The molecule has 0 fully saturated rings. The van der Waals surface area contributed by atoms with Gasteiger partial charge in [-0.05, 0) is 92.5 Å². The van der Waals surface area contributed by atoms with E-state index in [-0.39, 0.29) is 0 Å². The smallest absolute Gasteiger partial charge is 0.227 e. The Balaban J connectivity index is 1.44. The molecule has 2 heterocycles. The standard InChI is InChI=1S/C35H22F3NOSi/c36-25-5-1-8-29(20-25)41(30-9-2-6-26(37)21-30,31-10-3-7-27(38)22-31)28-15-12-23(13-16-28)24-14-17-32-33-11-4-18-39-35(33)40-34(32)19-24/h1-22H. The van der Waals surface area contributed by atoms with Crippen molar-refractivity contribution in [2.45, 2.75) is 0 Å². The van der Waals surface area contributed by atoms with Crippen molar-refractivity contribution in [1.29, 1.82) is 0 Å². The summed E-state index contributed by atoms with van der Waals surface area (Å²) >= 11 is 0. The van der Waals surface area contributed by atoms with Gasteiger partial charge in [-0.1, -0.05) is 66.7 Å². The molecule has 0 radical (unpaired) electrons. The molecular formula is C35H22F3NOSi. The molecule has 7 rings (SSSR count). The Morgan fingerprint density at radius 3 is 1.61 bits per heavy atom. The number of halogens is 3. The minimum Gasteiger partial charge on any atom is -0.438 e. The Hall–Kier alpha value is -4.94. The summed E-state index contributed by atoms with van der Waals surface area (Å²) in [6, 6.07) is 37.0. The second-order valence-corrected chi connectivity index (χ2v) is 13.8. The van der Waals surface area contributed by atoms with E-state index < -0.39 is 25.5 Å². The van der Waals surface area contributed by atoms with E-state index in [4.69, 9.17) is 4.42 Å². The average Bonchev–Trinajstić information content (AvgIpc) is 3.36. The van der Waals surface area contributed by atoms with E-state index in [1.807, 2.05) is 72.8 Å². The topological polar surface area (TPSA) is 26.0 Å².